The van der Waals surface area contributed by atoms with Crippen molar-refractivity contribution in [3.8, 4) is 0 Å². The summed E-state index contributed by atoms with van der Waals surface area (Å²) in [7, 11) is 0. The van der Waals surface area contributed by atoms with Gasteiger partial charge in [0.15, 0.2) is 0 Å². The van der Waals surface area contributed by atoms with E-state index >= 15 is 0 Å². The van der Waals surface area contributed by atoms with Gasteiger partial charge in [-0.1, -0.05) is 32.3 Å². The van der Waals surface area contributed by atoms with Gasteiger partial charge in [-0.25, -0.2) is 0 Å². The van der Waals surface area contributed by atoms with E-state index in [1.165, 1.54) is 12.8 Å². The molecule has 0 spiro atoms. The van der Waals surface area contributed by atoms with E-state index in [9.17, 15) is 0 Å². The zero-order valence-electron chi connectivity index (χ0n) is 6.64. The van der Waals surface area contributed by atoms with E-state index in [2.05, 4.69) is 13.5 Å². The van der Waals surface area contributed by atoms with Crippen LogP contribution in [0.4, 0.5) is 0 Å². The first-order valence-electron chi connectivity index (χ1n) is 3.89. The molecule has 1 nitrogen and oxygen atoms in total. The summed E-state index contributed by atoms with van der Waals surface area (Å²) in [5.74, 6) is 0. The van der Waals surface area contributed by atoms with E-state index in [1.54, 1.807) is 6.08 Å². The van der Waals surface area contributed by atoms with E-state index in [4.69, 9.17) is 4.74 Å². The maximum atomic E-state index is 5.19. The minimum Gasteiger partial charge on any atom is -0.377 e. The van der Waals surface area contributed by atoms with Crippen LogP contribution < -0.4 is 0 Å². The molecule has 0 fully saturated rings. The van der Waals surface area contributed by atoms with Crippen LogP contribution in [0.3, 0.4) is 0 Å². The minimum atomic E-state index is 0.685. The molecule has 0 bridgehead atoms. The lowest BCUT2D eigenvalue weighted by Gasteiger charge is -1.98. The molecule has 0 amide bonds. The van der Waals surface area contributed by atoms with Gasteiger partial charge in [0.1, 0.15) is 0 Å². The number of unbranched alkanes of at least 4 members (excludes halogenated alkanes) is 3. The van der Waals surface area contributed by atoms with Crippen molar-refractivity contribution in [3.05, 3.63) is 19.6 Å². The minimum absolute atomic E-state index is 0.685. The summed E-state index contributed by atoms with van der Waals surface area (Å²) in [5.41, 5.74) is 0. The van der Waals surface area contributed by atoms with E-state index in [1.807, 2.05) is 0 Å². The molecule has 59 valence electrons. The first kappa shape index (κ1) is 9.70. The van der Waals surface area contributed by atoms with Gasteiger partial charge in [-0.2, -0.15) is 0 Å². The van der Waals surface area contributed by atoms with Crippen LogP contribution in [0, 0.1) is 6.92 Å². The van der Waals surface area contributed by atoms with Crippen LogP contribution in [-0.2, 0) is 4.74 Å². The molecule has 1 heteroatoms. The molecular formula is C9H17O. The Bertz CT molecular complexity index is 69.1. The Hall–Kier alpha value is -0.300. The Morgan fingerprint density at radius 1 is 1.20 bits per heavy atom. The topological polar surface area (TPSA) is 9.23 Å². The highest BCUT2D eigenvalue weighted by Crippen LogP contribution is 1.98. The monoisotopic (exact) mass is 141 g/mol. The summed E-state index contributed by atoms with van der Waals surface area (Å²) in [6.45, 7) is 8.87. The first-order chi connectivity index (χ1) is 4.91. The lowest BCUT2D eigenvalue weighted by atomic mass is 10.2. The van der Waals surface area contributed by atoms with Crippen LogP contribution in [0.1, 0.15) is 25.7 Å². The van der Waals surface area contributed by atoms with Gasteiger partial charge in [0.2, 0.25) is 0 Å². The summed E-state index contributed by atoms with van der Waals surface area (Å²) in [6, 6.07) is 0. The molecule has 0 saturated heterocycles. The van der Waals surface area contributed by atoms with Gasteiger partial charge in [-0.15, -0.1) is 6.58 Å². The van der Waals surface area contributed by atoms with Crippen LogP contribution in [0.15, 0.2) is 12.7 Å². The van der Waals surface area contributed by atoms with Gasteiger partial charge in [0, 0.05) is 6.61 Å². The maximum absolute atomic E-state index is 5.19. The predicted octanol–water partition coefficient (Wildman–Crippen LogP) is 2.58. The Kier molecular flexibility index (Phi) is 8.44. The molecule has 0 aliphatic heterocycles. The SMILES string of the molecule is [CH2]CCCCCOCC=C. The van der Waals surface area contributed by atoms with Crippen LogP contribution in [-0.4, -0.2) is 13.2 Å². The van der Waals surface area contributed by atoms with Crippen LogP contribution >= 0.6 is 0 Å². The second-order valence-corrected chi connectivity index (χ2v) is 2.28. The zero-order valence-corrected chi connectivity index (χ0v) is 6.64. The van der Waals surface area contributed by atoms with Crippen molar-refractivity contribution in [3.63, 3.8) is 0 Å². The van der Waals surface area contributed by atoms with Crippen molar-refractivity contribution in [1.82, 2.24) is 0 Å². The smallest absolute Gasteiger partial charge is 0.0644 e. The fourth-order valence-corrected chi connectivity index (χ4v) is 0.724. The normalized spacial score (nSPS) is 9.70. The average Bonchev–Trinajstić information content (AvgIpc) is 1.97. The molecule has 0 N–H and O–H groups in total. The molecule has 0 heterocycles. The van der Waals surface area contributed by atoms with Gasteiger partial charge in [0.05, 0.1) is 6.61 Å². The van der Waals surface area contributed by atoms with E-state index in [0.29, 0.717) is 6.61 Å². The third-order valence-corrected chi connectivity index (χ3v) is 1.27. The summed E-state index contributed by atoms with van der Waals surface area (Å²) >= 11 is 0. The number of hydrogen-bond donors (Lipinski definition) is 0. The molecule has 1 radical (unpaired) electrons. The van der Waals surface area contributed by atoms with Crippen LogP contribution in [0.25, 0.3) is 0 Å². The van der Waals surface area contributed by atoms with Crippen LogP contribution in [0.5, 0.6) is 0 Å². The second-order valence-electron chi connectivity index (χ2n) is 2.28. The van der Waals surface area contributed by atoms with E-state index < -0.39 is 0 Å². The third kappa shape index (κ3) is 7.70. The molecule has 0 aromatic carbocycles. The summed E-state index contributed by atoms with van der Waals surface area (Å²) in [4.78, 5) is 0. The Morgan fingerprint density at radius 2 is 2.00 bits per heavy atom. The summed E-state index contributed by atoms with van der Waals surface area (Å²) in [6.07, 6.45) is 6.43. The Balaban J connectivity index is 2.70. The third-order valence-electron chi connectivity index (χ3n) is 1.27. The quantitative estimate of drug-likeness (QED) is 0.391. The number of ether oxygens (including phenoxy) is 1. The van der Waals surface area contributed by atoms with Crippen molar-refractivity contribution < 1.29 is 4.74 Å². The largest absolute Gasteiger partial charge is 0.377 e. The highest BCUT2D eigenvalue weighted by Gasteiger charge is 1.85. The van der Waals surface area contributed by atoms with E-state index in [0.717, 1.165) is 19.4 Å². The van der Waals surface area contributed by atoms with Gasteiger partial charge >= 0.3 is 0 Å². The van der Waals surface area contributed by atoms with Crippen LogP contribution in [0.2, 0.25) is 0 Å². The van der Waals surface area contributed by atoms with Gasteiger partial charge in [-0.05, 0) is 6.42 Å². The molecule has 0 atom stereocenters. The van der Waals surface area contributed by atoms with Gasteiger partial charge < -0.3 is 4.74 Å². The predicted molar refractivity (Wildman–Crippen MR) is 44.8 cm³/mol. The molecule has 0 aliphatic rings. The number of rotatable bonds is 7. The Labute approximate surface area is 64.1 Å². The van der Waals surface area contributed by atoms with Gasteiger partial charge in [-0.3, -0.25) is 0 Å². The van der Waals surface area contributed by atoms with Crippen molar-refractivity contribution in [2.75, 3.05) is 13.2 Å². The molecule has 0 aliphatic carbocycles. The van der Waals surface area contributed by atoms with Crippen molar-refractivity contribution >= 4 is 0 Å². The highest BCUT2D eigenvalue weighted by molar-refractivity contribution is 4.63. The molecule has 0 unspecified atom stereocenters. The molecule has 0 aromatic rings. The van der Waals surface area contributed by atoms with Gasteiger partial charge in [0.25, 0.3) is 0 Å². The maximum Gasteiger partial charge on any atom is 0.0644 e. The average molecular weight is 141 g/mol. The fourth-order valence-electron chi connectivity index (χ4n) is 0.724. The lowest BCUT2D eigenvalue weighted by molar-refractivity contribution is 0.157. The van der Waals surface area contributed by atoms with Crippen molar-refractivity contribution in [1.29, 1.82) is 0 Å². The molecule has 0 aromatic heterocycles. The standard InChI is InChI=1S/C9H17O/c1-3-5-6-7-9-10-8-4-2/h4H,1-3,5-9H2. The fraction of sp³-hybridized carbons (Fsp3) is 0.667. The summed E-state index contributed by atoms with van der Waals surface area (Å²) < 4.78 is 5.19. The lowest BCUT2D eigenvalue weighted by Crippen LogP contribution is -1.93. The van der Waals surface area contributed by atoms with Crippen molar-refractivity contribution in [2.45, 2.75) is 25.7 Å². The van der Waals surface area contributed by atoms with E-state index in [-0.39, 0.29) is 0 Å². The molecular weight excluding hydrogens is 124 g/mol. The van der Waals surface area contributed by atoms with Crippen molar-refractivity contribution in [2.24, 2.45) is 0 Å². The second kappa shape index (κ2) is 8.70. The first-order valence-corrected chi connectivity index (χ1v) is 3.89. The molecule has 10 heavy (non-hydrogen) atoms. The zero-order chi connectivity index (χ0) is 7.66. The Morgan fingerprint density at radius 3 is 2.60 bits per heavy atom. The highest BCUT2D eigenvalue weighted by atomic mass is 16.5. The summed E-state index contributed by atoms with van der Waals surface area (Å²) in [5, 5.41) is 0. The molecule has 0 rings (SSSR count). The molecule has 0 saturated carbocycles. The number of hydrogen-bond acceptors (Lipinski definition) is 1.